The van der Waals surface area contributed by atoms with E-state index in [0.29, 0.717) is 11.6 Å². The van der Waals surface area contributed by atoms with Crippen LogP contribution >= 0.6 is 0 Å². The van der Waals surface area contributed by atoms with Gasteiger partial charge in [-0.25, -0.2) is 24.3 Å². The van der Waals surface area contributed by atoms with Crippen LogP contribution in [0.25, 0.3) is 5.95 Å². The van der Waals surface area contributed by atoms with Gasteiger partial charge in [0, 0.05) is 5.69 Å². The highest BCUT2D eigenvalue weighted by Crippen LogP contribution is 2.14. The smallest absolute Gasteiger partial charge is 0.250 e. The Labute approximate surface area is 132 Å². The van der Waals surface area contributed by atoms with Gasteiger partial charge >= 0.3 is 0 Å². The largest absolute Gasteiger partial charge is 0.322 e. The van der Waals surface area contributed by atoms with Crippen molar-refractivity contribution in [2.24, 2.45) is 0 Å². The quantitative estimate of drug-likeness (QED) is 0.765. The van der Waals surface area contributed by atoms with Gasteiger partial charge in [0.25, 0.3) is 5.95 Å². The van der Waals surface area contributed by atoms with Gasteiger partial charge in [-0.3, -0.25) is 4.79 Å². The molecule has 3 aromatic rings. The van der Waals surface area contributed by atoms with Crippen molar-refractivity contribution >= 4 is 11.6 Å². The van der Waals surface area contributed by atoms with Crippen molar-refractivity contribution in [1.82, 2.24) is 34.5 Å². The molecule has 118 valence electrons. The molecule has 0 aliphatic rings. The fraction of sp³-hybridized carbons (Fsp3) is 0.286. The third-order valence-electron chi connectivity index (χ3n) is 3.54. The van der Waals surface area contributed by atoms with Crippen LogP contribution in [0.15, 0.2) is 25.0 Å². The van der Waals surface area contributed by atoms with Crippen LogP contribution in [-0.2, 0) is 11.3 Å². The van der Waals surface area contributed by atoms with Crippen molar-refractivity contribution in [3.05, 3.63) is 42.0 Å². The zero-order valence-electron chi connectivity index (χ0n) is 13.1. The maximum atomic E-state index is 11.9. The second-order valence-corrected chi connectivity index (χ2v) is 5.12. The van der Waals surface area contributed by atoms with Gasteiger partial charge in [0.05, 0.1) is 23.8 Å². The minimum atomic E-state index is -0.228. The molecule has 0 saturated carbocycles. The van der Waals surface area contributed by atoms with Crippen LogP contribution in [-0.4, -0.2) is 40.4 Å². The SMILES string of the molecule is Cc1nn(-c2ncc(NC(=O)Cn3cncn3)cn2)c(C)c1C. The first-order chi connectivity index (χ1) is 11.0. The number of carbonyl (C=O) groups is 1. The Morgan fingerprint density at radius 2 is 1.96 bits per heavy atom. The predicted molar refractivity (Wildman–Crippen MR) is 82.0 cm³/mol. The molecule has 0 aromatic carbocycles. The molecule has 23 heavy (non-hydrogen) atoms. The van der Waals surface area contributed by atoms with E-state index in [-0.39, 0.29) is 12.5 Å². The fourth-order valence-electron chi connectivity index (χ4n) is 2.07. The second kappa shape index (κ2) is 5.95. The fourth-order valence-corrected chi connectivity index (χ4v) is 2.07. The van der Waals surface area contributed by atoms with E-state index in [0.717, 1.165) is 17.0 Å². The van der Waals surface area contributed by atoms with E-state index in [1.165, 1.54) is 17.3 Å². The summed E-state index contributed by atoms with van der Waals surface area (Å²) in [6.07, 6.45) is 5.95. The topological polar surface area (TPSA) is 103 Å². The first-order valence-corrected chi connectivity index (χ1v) is 7.02. The Hall–Kier alpha value is -3.10. The van der Waals surface area contributed by atoms with E-state index >= 15 is 0 Å². The molecule has 0 aliphatic carbocycles. The van der Waals surface area contributed by atoms with Crippen molar-refractivity contribution < 1.29 is 4.79 Å². The van der Waals surface area contributed by atoms with Gasteiger partial charge in [-0.1, -0.05) is 0 Å². The Kier molecular flexibility index (Phi) is 3.83. The summed E-state index contributed by atoms with van der Waals surface area (Å²) in [5.74, 6) is 0.238. The monoisotopic (exact) mass is 312 g/mol. The number of carbonyl (C=O) groups excluding carboxylic acids is 1. The van der Waals surface area contributed by atoms with E-state index in [2.05, 4.69) is 30.5 Å². The van der Waals surface area contributed by atoms with E-state index in [1.807, 2.05) is 20.8 Å². The molecular weight excluding hydrogens is 296 g/mol. The number of aryl methyl sites for hydroxylation is 1. The lowest BCUT2D eigenvalue weighted by Gasteiger charge is -2.06. The lowest BCUT2D eigenvalue weighted by molar-refractivity contribution is -0.116. The lowest BCUT2D eigenvalue weighted by atomic mass is 10.2. The van der Waals surface area contributed by atoms with E-state index in [4.69, 9.17) is 0 Å². The summed E-state index contributed by atoms with van der Waals surface area (Å²) in [4.78, 5) is 24.2. The Balaban J connectivity index is 1.72. The molecule has 9 nitrogen and oxygen atoms in total. The van der Waals surface area contributed by atoms with Gasteiger partial charge in [0.15, 0.2) is 0 Å². The van der Waals surface area contributed by atoms with Crippen LogP contribution in [0.5, 0.6) is 0 Å². The Morgan fingerprint density at radius 1 is 1.22 bits per heavy atom. The first kappa shape index (κ1) is 14.8. The minimum Gasteiger partial charge on any atom is -0.322 e. The first-order valence-electron chi connectivity index (χ1n) is 7.02. The Bertz CT molecular complexity index is 819. The number of hydrogen-bond donors (Lipinski definition) is 1. The summed E-state index contributed by atoms with van der Waals surface area (Å²) in [5, 5.41) is 11.0. The average Bonchev–Trinajstić information content (AvgIpc) is 3.12. The number of nitrogens with one attached hydrogen (secondary N) is 1. The molecule has 0 aliphatic heterocycles. The third-order valence-corrected chi connectivity index (χ3v) is 3.54. The molecule has 3 rings (SSSR count). The highest BCUT2D eigenvalue weighted by Gasteiger charge is 2.11. The summed E-state index contributed by atoms with van der Waals surface area (Å²) in [5.41, 5.74) is 3.55. The third kappa shape index (κ3) is 3.07. The lowest BCUT2D eigenvalue weighted by Crippen LogP contribution is -2.19. The average molecular weight is 312 g/mol. The second-order valence-electron chi connectivity index (χ2n) is 5.12. The summed E-state index contributed by atoms with van der Waals surface area (Å²) in [6, 6.07) is 0. The highest BCUT2D eigenvalue weighted by molar-refractivity contribution is 5.90. The van der Waals surface area contributed by atoms with Crippen molar-refractivity contribution in [2.75, 3.05) is 5.32 Å². The maximum absolute atomic E-state index is 11.9. The number of anilines is 1. The van der Waals surface area contributed by atoms with E-state index in [9.17, 15) is 4.79 Å². The van der Waals surface area contributed by atoms with Gasteiger partial charge in [0.1, 0.15) is 19.2 Å². The molecule has 0 atom stereocenters. The van der Waals surface area contributed by atoms with Crippen LogP contribution in [0.4, 0.5) is 5.69 Å². The van der Waals surface area contributed by atoms with Crippen LogP contribution in [0.1, 0.15) is 17.0 Å². The summed E-state index contributed by atoms with van der Waals surface area (Å²) < 4.78 is 3.12. The summed E-state index contributed by atoms with van der Waals surface area (Å²) >= 11 is 0. The van der Waals surface area contributed by atoms with Gasteiger partial charge in [-0.05, 0) is 26.3 Å². The molecule has 1 amide bonds. The van der Waals surface area contributed by atoms with Crippen LogP contribution < -0.4 is 5.32 Å². The van der Waals surface area contributed by atoms with Gasteiger partial charge in [-0.15, -0.1) is 0 Å². The molecular formula is C14H16N8O. The van der Waals surface area contributed by atoms with E-state index < -0.39 is 0 Å². The van der Waals surface area contributed by atoms with Gasteiger partial charge < -0.3 is 5.32 Å². The number of rotatable bonds is 4. The highest BCUT2D eigenvalue weighted by atomic mass is 16.2. The van der Waals surface area contributed by atoms with Crippen LogP contribution in [0.3, 0.4) is 0 Å². The van der Waals surface area contributed by atoms with Crippen molar-refractivity contribution in [3.8, 4) is 5.95 Å². The van der Waals surface area contributed by atoms with Gasteiger partial charge in [-0.2, -0.15) is 10.2 Å². The zero-order valence-corrected chi connectivity index (χ0v) is 13.1. The molecule has 0 unspecified atom stereocenters. The molecule has 0 radical (unpaired) electrons. The van der Waals surface area contributed by atoms with Gasteiger partial charge in [0.2, 0.25) is 5.91 Å². The van der Waals surface area contributed by atoms with Crippen LogP contribution in [0, 0.1) is 20.8 Å². The summed E-state index contributed by atoms with van der Waals surface area (Å²) in [7, 11) is 0. The predicted octanol–water partition coefficient (Wildman–Crippen LogP) is 0.818. The molecule has 9 heteroatoms. The summed E-state index contributed by atoms with van der Waals surface area (Å²) in [6.45, 7) is 6.00. The number of hydrogen-bond acceptors (Lipinski definition) is 6. The maximum Gasteiger partial charge on any atom is 0.250 e. The standard InChI is InChI=1S/C14H16N8O/c1-9-10(2)20-22(11(9)3)14-16-4-12(5-17-14)19-13(23)6-21-8-15-7-18-21/h4-5,7-8H,6H2,1-3H3,(H,19,23). The Morgan fingerprint density at radius 3 is 2.52 bits per heavy atom. The van der Waals surface area contributed by atoms with Crippen molar-refractivity contribution in [1.29, 1.82) is 0 Å². The van der Waals surface area contributed by atoms with Crippen molar-refractivity contribution in [2.45, 2.75) is 27.3 Å². The molecule has 0 saturated heterocycles. The minimum absolute atomic E-state index is 0.0818. The number of aromatic nitrogens is 7. The zero-order chi connectivity index (χ0) is 16.4. The molecule has 0 spiro atoms. The molecule has 3 heterocycles. The molecule has 0 fully saturated rings. The molecule has 1 N–H and O–H groups in total. The number of amides is 1. The van der Waals surface area contributed by atoms with Crippen molar-refractivity contribution in [3.63, 3.8) is 0 Å². The van der Waals surface area contributed by atoms with Crippen LogP contribution in [0.2, 0.25) is 0 Å². The molecule has 3 aromatic heterocycles. The number of nitrogens with zero attached hydrogens (tertiary/aromatic N) is 7. The van der Waals surface area contributed by atoms with E-state index in [1.54, 1.807) is 17.1 Å². The normalized spacial score (nSPS) is 10.7. The molecule has 0 bridgehead atoms.